The molecule has 5 heteroatoms. The molecule has 0 fully saturated rings. The molecule has 0 spiro atoms. The Kier molecular flexibility index (Phi) is 3.88. The van der Waals surface area contributed by atoms with Gasteiger partial charge in [0.2, 0.25) is 0 Å². The molecule has 0 atom stereocenters. The monoisotopic (exact) mass is 242 g/mol. The zero-order valence-corrected chi connectivity index (χ0v) is 10.3. The number of nitrogens with zero attached hydrogens (tertiary/aromatic N) is 1. The standard InChI is InChI=1S/C11H15ClN2O2/c1-7-4-8(5-9(12)14-7)10(15)13-6-11(2,3)16/h4-5,16H,6H2,1-3H3,(H,13,15). The number of hydrogen-bond acceptors (Lipinski definition) is 3. The molecular weight excluding hydrogens is 228 g/mol. The summed E-state index contributed by atoms with van der Waals surface area (Å²) in [6, 6.07) is 3.14. The van der Waals surface area contributed by atoms with E-state index in [1.165, 1.54) is 6.07 Å². The van der Waals surface area contributed by atoms with E-state index in [1.54, 1.807) is 26.8 Å². The van der Waals surface area contributed by atoms with Crippen LogP contribution < -0.4 is 5.32 Å². The number of amides is 1. The van der Waals surface area contributed by atoms with Crippen LogP contribution in [-0.4, -0.2) is 28.1 Å². The number of pyridine rings is 1. The first kappa shape index (κ1) is 12.9. The summed E-state index contributed by atoms with van der Waals surface area (Å²) in [5, 5.41) is 12.4. The van der Waals surface area contributed by atoms with Crippen molar-refractivity contribution in [1.82, 2.24) is 10.3 Å². The largest absolute Gasteiger partial charge is 0.389 e. The van der Waals surface area contributed by atoms with Gasteiger partial charge in [0.1, 0.15) is 5.15 Å². The maximum Gasteiger partial charge on any atom is 0.251 e. The zero-order chi connectivity index (χ0) is 12.3. The average Bonchev–Trinajstić information content (AvgIpc) is 2.11. The lowest BCUT2D eigenvalue weighted by atomic mass is 10.1. The predicted octanol–water partition coefficient (Wildman–Crippen LogP) is 1.54. The van der Waals surface area contributed by atoms with E-state index in [0.717, 1.165) is 0 Å². The van der Waals surface area contributed by atoms with Crippen LogP contribution in [0.3, 0.4) is 0 Å². The minimum Gasteiger partial charge on any atom is -0.389 e. The van der Waals surface area contributed by atoms with Crippen LogP contribution in [0, 0.1) is 6.92 Å². The van der Waals surface area contributed by atoms with Gasteiger partial charge in [-0.15, -0.1) is 0 Å². The van der Waals surface area contributed by atoms with Gasteiger partial charge in [-0.3, -0.25) is 4.79 Å². The van der Waals surface area contributed by atoms with Crippen molar-refractivity contribution in [3.05, 3.63) is 28.5 Å². The Balaban J connectivity index is 2.73. The normalized spacial score (nSPS) is 11.3. The van der Waals surface area contributed by atoms with Gasteiger partial charge in [-0.25, -0.2) is 4.98 Å². The molecule has 16 heavy (non-hydrogen) atoms. The Morgan fingerprint density at radius 3 is 2.69 bits per heavy atom. The highest BCUT2D eigenvalue weighted by Gasteiger charge is 2.15. The van der Waals surface area contributed by atoms with Gasteiger partial charge in [-0.2, -0.15) is 0 Å². The molecule has 1 amide bonds. The molecule has 1 aromatic rings. The summed E-state index contributed by atoms with van der Waals surface area (Å²) in [5.41, 5.74) is 0.198. The fourth-order valence-electron chi connectivity index (χ4n) is 1.16. The van der Waals surface area contributed by atoms with E-state index in [0.29, 0.717) is 11.3 Å². The second-order valence-corrected chi connectivity index (χ2v) is 4.70. The van der Waals surface area contributed by atoms with E-state index in [1.807, 2.05) is 0 Å². The molecule has 0 saturated heterocycles. The highest BCUT2D eigenvalue weighted by atomic mass is 35.5. The molecule has 0 saturated carbocycles. The fourth-order valence-corrected chi connectivity index (χ4v) is 1.41. The highest BCUT2D eigenvalue weighted by Crippen LogP contribution is 2.10. The third-order valence-electron chi connectivity index (χ3n) is 1.87. The number of carbonyl (C=O) groups excluding carboxylic acids is 1. The summed E-state index contributed by atoms with van der Waals surface area (Å²) in [6.07, 6.45) is 0. The minimum atomic E-state index is -0.929. The quantitative estimate of drug-likeness (QED) is 0.791. The van der Waals surface area contributed by atoms with Gasteiger partial charge in [-0.1, -0.05) is 11.6 Å². The molecule has 1 heterocycles. The van der Waals surface area contributed by atoms with Crippen LogP contribution in [0.5, 0.6) is 0 Å². The Morgan fingerprint density at radius 1 is 1.56 bits per heavy atom. The summed E-state index contributed by atoms with van der Waals surface area (Å²) in [7, 11) is 0. The first-order chi connectivity index (χ1) is 7.28. The van der Waals surface area contributed by atoms with Gasteiger partial charge >= 0.3 is 0 Å². The number of rotatable bonds is 3. The molecule has 0 aliphatic rings. The van der Waals surface area contributed by atoms with E-state index in [4.69, 9.17) is 11.6 Å². The lowest BCUT2D eigenvalue weighted by molar-refractivity contribution is 0.0694. The number of aromatic nitrogens is 1. The third-order valence-corrected chi connectivity index (χ3v) is 2.06. The smallest absolute Gasteiger partial charge is 0.251 e. The molecule has 0 radical (unpaired) electrons. The Morgan fingerprint density at radius 2 is 2.19 bits per heavy atom. The van der Waals surface area contributed by atoms with Crippen LogP contribution in [0.4, 0.5) is 0 Å². The SMILES string of the molecule is Cc1cc(C(=O)NCC(C)(C)O)cc(Cl)n1. The summed E-state index contributed by atoms with van der Waals surface area (Å²) >= 11 is 5.74. The zero-order valence-electron chi connectivity index (χ0n) is 9.54. The molecule has 0 aliphatic heterocycles. The van der Waals surface area contributed by atoms with Gasteiger partial charge in [-0.05, 0) is 32.9 Å². The van der Waals surface area contributed by atoms with Gasteiger partial charge < -0.3 is 10.4 Å². The molecule has 1 aromatic heterocycles. The first-order valence-corrected chi connectivity index (χ1v) is 5.30. The van der Waals surface area contributed by atoms with Gasteiger partial charge in [0, 0.05) is 17.8 Å². The van der Waals surface area contributed by atoms with Crippen LogP contribution in [0.2, 0.25) is 5.15 Å². The number of aryl methyl sites for hydroxylation is 1. The number of aliphatic hydroxyl groups is 1. The van der Waals surface area contributed by atoms with E-state index in [-0.39, 0.29) is 17.6 Å². The third kappa shape index (κ3) is 4.16. The lowest BCUT2D eigenvalue weighted by Crippen LogP contribution is -2.38. The number of hydrogen-bond donors (Lipinski definition) is 2. The van der Waals surface area contributed by atoms with Crippen LogP contribution in [0.25, 0.3) is 0 Å². The molecule has 0 aliphatic carbocycles. The van der Waals surface area contributed by atoms with Crippen LogP contribution in [0.15, 0.2) is 12.1 Å². The van der Waals surface area contributed by atoms with Gasteiger partial charge in [0.05, 0.1) is 5.60 Å². The second-order valence-electron chi connectivity index (χ2n) is 4.32. The van der Waals surface area contributed by atoms with Crippen LogP contribution in [-0.2, 0) is 0 Å². The average molecular weight is 243 g/mol. The Hall–Kier alpha value is -1.13. The number of halogens is 1. The van der Waals surface area contributed by atoms with E-state index in [9.17, 15) is 9.90 Å². The van der Waals surface area contributed by atoms with Crippen molar-refractivity contribution in [1.29, 1.82) is 0 Å². The van der Waals surface area contributed by atoms with Gasteiger partial charge in [0.25, 0.3) is 5.91 Å². The van der Waals surface area contributed by atoms with Crippen molar-refractivity contribution in [3.63, 3.8) is 0 Å². The van der Waals surface area contributed by atoms with E-state index in [2.05, 4.69) is 10.3 Å². The summed E-state index contributed by atoms with van der Waals surface area (Å²) in [6.45, 7) is 5.19. The van der Waals surface area contributed by atoms with Crippen molar-refractivity contribution < 1.29 is 9.90 Å². The molecule has 0 aromatic carbocycles. The summed E-state index contributed by atoms with van der Waals surface area (Å²) < 4.78 is 0. The summed E-state index contributed by atoms with van der Waals surface area (Å²) in [5.74, 6) is -0.269. The molecule has 4 nitrogen and oxygen atoms in total. The molecule has 1 rings (SSSR count). The molecule has 0 unspecified atom stereocenters. The Bertz CT molecular complexity index is 379. The topological polar surface area (TPSA) is 62.2 Å². The molecule has 2 N–H and O–H groups in total. The number of nitrogens with one attached hydrogen (secondary N) is 1. The highest BCUT2D eigenvalue weighted by molar-refractivity contribution is 6.29. The minimum absolute atomic E-state index is 0.185. The maximum atomic E-state index is 11.7. The fraction of sp³-hybridized carbons (Fsp3) is 0.455. The van der Waals surface area contributed by atoms with Crippen molar-refractivity contribution in [2.75, 3.05) is 6.54 Å². The molecule has 88 valence electrons. The van der Waals surface area contributed by atoms with Crippen molar-refractivity contribution in [2.45, 2.75) is 26.4 Å². The second kappa shape index (κ2) is 4.80. The van der Waals surface area contributed by atoms with Crippen LogP contribution in [0.1, 0.15) is 29.9 Å². The van der Waals surface area contributed by atoms with Crippen molar-refractivity contribution in [3.8, 4) is 0 Å². The van der Waals surface area contributed by atoms with E-state index >= 15 is 0 Å². The van der Waals surface area contributed by atoms with E-state index < -0.39 is 5.60 Å². The van der Waals surface area contributed by atoms with Crippen molar-refractivity contribution in [2.24, 2.45) is 0 Å². The Labute approximate surface area is 99.6 Å². The maximum absolute atomic E-state index is 11.7. The van der Waals surface area contributed by atoms with Gasteiger partial charge in [0.15, 0.2) is 0 Å². The first-order valence-electron chi connectivity index (χ1n) is 4.93. The molecular formula is C11H15ClN2O2. The van der Waals surface area contributed by atoms with Crippen molar-refractivity contribution >= 4 is 17.5 Å². The predicted molar refractivity (Wildman–Crippen MR) is 62.6 cm³/mol. The molecule has 0 bridgehead atoms. The lowest BCUT2D eigenvalue weighted by Gasteiger charge is -2.17. The number of carbonyl (C=O) groups is 1. The summed E-state index contributed by atoms with van der Waals surface area (Å²) in [4.78, 5) is 15.6. The van der Waals surface area contributed by atoms with Crippen LogP contribution >= 0.6 is 11.6 Å².